The number of thioether (sulfide) groups is 1. The highest BCUT2D eigenvalue weighted by Crippen LogP contribution is 2.19. The molecule has 2 unspecified atom stereocenters. The summed E-state index contributed by atoms with van der Waals surface area (Å²) in [6, 6.07) is 0. The van der Waals surface area contributed by atoms with Crippen molar-refractivity contribution in [2.75, 3.05) is 31.9 Å². The maximum absolute atomic E-state index is 12.0. The summed E-state index contributed by atoms with van der Waals surface area (Å²) in [6.07, 6.45) is 0. The van der Waals surface area contributed by atoms with E-state index in [-0.39, 0.29) is 5.92 Å². The van der Waals surface area contributed by atoms with E-state index in [1.54, 1.807) is 0 Å². The number of carbonyl (C=O) groups excluding carboxylic acids is 1. The molecule has 3 nitrogen and oxygen atoms in total. The van der Waals surface area contributed by atoms with Crippen LogP contribution in [-0.2, 0) is 4.79 Å². The van der Waals surface area contributed by atoms with E-state index in [0.29, 0.717) is 11.2 Å². The van der Waals surface area contributed by atoms with Crippen LogP contribution in [0.2, 0.25) is 0 Å². The fourth-order valence-corrected chi connectivity index (χ4v) is 2.79. The molecule has 15 heavy (non-hydrogen) atoms. The first-order valence-electron chi connectivity index (χ1n) is 5.76. The first-order chi connectivity index (χ1) is 7.15. The molecule has 2 atom stereocenters. The number of hydrogen-bond donors (Lipinski definition) is 1. The van der Waals surface area contributed by atoms with Gasteiger partial charge in [0.25, 0.3) is 0 Å². The first kappa shape index (κ1) is 12.8. The van der Waals surface area contributed by atoms with Crippen molar-refractivity contribution in [3.05, 3.63) is 0 Å². The Bertz CT molecular complexity index is 211. The maximum atomic E-state index is 12.0. The third-order valence-electron chi connectivity index (χ3n) is 2.67. The van der Waals surface area contributed by atoms with Gasteiger partial charge in [-0.3, -0.25) is 4.79 Å². The Hall–Kier alpha value is -0.220. The summed E-state index contributed by atoms with van der Waals surface area (Å²) in [5.41, 5.74) is 0. The average Bonchev–Trinajstić information content (AvgIpc) is 2.24. The van der Waals surface area contributed by atoms with E-state index < -0.39 is 0 Å². The topological polar surface area (TPSA) is 32.3 Å². The molecule has 1 aliphatic rings. The summed E-state index contributed by atoms with van der Waals surface area (Å²) in [7, 11) is 0. The number of carbonyl (C=O) groups is 1. The predicted molar refractivity (Wildman–Crippen MR) is 66.2 cm³/mol. The van der Waals surface area contributed by atoms with Crippen LogP contribution in [0.1, 0.15) is 20.8 Å². The summed E-state index contributed by atoms with van der Waals surface area (Å²) in [5, 5.41) is 3.82. The van der Waals surface area contributed by atoms with E-state index in [9.17, 15) is 4.79 Å². The second-order valence-corrected chi connectivity index (χ2v) is 5.72. The molecule has 0 aromatic heterocycles. The van der Waals surface area contributed by atoms with E-state index >= 15 is 0 Å². The fourth-order valence-electron chi connectivity index (χ4n) is 1.78. The van der Waals surface area contributed by atoms with Crippen molar-refractivity contribution in [1.82, 2.24) is 10.2 Å². The molecular formula is C11H22N2OS. The van der Waals surface area contributed by atoms with Crippen LogP contribution in [0.4, 0.5) is 0 Å². The van der Waals surface area contributed by atoms with E-state index in [2.05, 4.69) is 19.2 Å². The largest absolute Gasteiger partial charge is 0.341 e. The van der Waals surface area contributed by atoms with Crippen molar-refractivity contribution in [1.29, 1.82) is 0 Å². The molecule has 1 fully saturated rings. The van der Waals surface area contributed by atoms with Gasteiger partial charge in [-0.2, -0.15) is 11.8 Å². The van der Waals surface area contributed by atoms with Gasteiger partial charge in [-0.1, -0.05) is 20.8 Å². The van der Waals surface area contributed by atoms with Crippen LogP contribution in [0.25, 0.3) is 0 Å². The average molecular weight is 230 g/mol. The summed E-state index contributed by atoms with van der Waals surface area (Å²) in [6.45, 7) is 9.84. The lowest BCUT2D eigenvalue weighted by Crippen LogP contribution is -2.45. The van der Waals surface area contributed by atoms with Gasteiger partial charge in [-0.15, -0.1) is 0 Å². The summed E-state index contributed by atoms with van der Waals surface area (Å²) >= 11 is 1.96. The van der Waals surface area contributed by atoms with Gasteiger partial charge in [0.1, 0.15) is 0 Å². The summed E-state index contributed by atoms with van der Waals surface area (Å²) < 4.78 is 0. The number of rotatable bonds is 4. The molecule has 0 aromatic rings. The molecule has 88 valence electrons. The molecule has 0 spiro atoms. The van der Waals surface area contributed by atoms with Gasteiger partial charge in [0.05, 0.1) is 0 Å². The predicted octanol–water partition coefficient (Wildman–Crippen LogP) is 1.20. The van der Waals surface area contributed by atoms with E-state index in [1.807, 2.05) is 23.6 Å². The molecule has 0 saturated carbocycles. The lowest BCUT2D eigenvalue weighted by atomic mass is 10.1. The SMILES string of the molecule is CCNCC(C)C(=O)N1CCSC(C)C1. The Morgan fingerprint density at radius 3 is 3.00 bits per heavy atom. The molecule has 1 heterocycles. The number of nitrogens with one attached hydrogen (secondary N) is 1. The molecular weight excluding hydrogens is 208 g/mol. The highest BCUT2D eigenvalue weighted by atomic mass is 32.2. The Balaban J connectivity index is 2.37. The maximum Gasteiger partial charge on any atom is 0.226 e. The van der Waals surface area contributed by atoms with Crippen LogP contribution in [0.5, 0.6) is 0 Å². The van der Waals surface area contributed by atoms with Gasteiger partial charge in [0.15, 0.2) is 0 Å². The molecule has 1 rings (SSSR count). The highest BCUT2D eigenvalue weighted by molar-refractivity contribution is 7.99. The Morgan fingerprint density at radius 2 is 2.40 bits per heavy atom. The van der Waals surface area contributed by atoms with E-state index in [0.717, 1.165) is 31.9 Å². The lowest BCUT2D eigenvalue weighted by Gasteiger charge is -2.32. The van der Waals surface area contributed by atoms with Crippen molar-refractivity contribution in [2.45, 2.75) is 26.0 Å². The summed E-state index contributed by atoms with van der Waals surface area (Å²) in [4.78, 5) is 14.0. The molecule has 4 heteroatoms. The van der Waals surface area contributed by atoms with Gasteiger partial charge in [0, 0.05) is 36.6 Å². The van der Waals surface area contributed by atoms with Crippen LogP contribution in [-0.4, -0.2) is 48.0 Å². The van der Waals surface area contributed by atoms with Crippen LogP contribution >= 0.6 is 11.8 Å². The van der Waals surface area contributed by atoms with Crippen molar-refractivity contribution in [3.63, 3.8) is 0 Å². The van der Waals surface area contributed by atoms with Gasteiger partial charge in [0.2, 0.25) is 5.91 Å². The fraction of sp³-hybridized carbons (Fsp3) is 0.909. The zero-order chi connectivity index (χ0) is 11.3. The van der Waals surface area contributed by atoms with Crippen molar-refractivity contribution in [2.24, 2.45) is 5.92 Å². The van der Waals surface area contributed by atoms with Gasteiger partial charge < -0.3 is 10.2 Å². The normalized spacial score (nSPS) is 23.9. The third-order valence-corrected chi connectivity index (χ3v) is 3.81. The third kappa shape index (κ3) is 4.03. The molecule has 0 aliphatic carbocycles. The van der Waals surface area contributed by atoms with Crippen LogP contribution < -0.4 is 5.32 Å². The molecule has 0 bridgehead atoms. The van der Waals surface area contributed by atoms with Gasteiger partial charge >= 0.3 is 0 Å². The van der Waals surface area contributed by atoms with Crippen molar-refractivity contribution < 1.29 is 4.79 Å². The van der Waals surface area contributed by atoms with E-state index in [4.69, 9.17) is 0 Å². The van der Waals surface area contributed by atoms with Crippen LogP contribution in [0.3, 0.4) is 0 Å². The van der Waals surface area contributed by atoms with Crippen molar-refractivity contribution >= 4 is 17.7 Å². The zero-order valence-electron chi connectivity index (χ0n) is 9.95. The minimum absolute atomic E-state index is 0.111. The molecule has 1 N–H and O–H groups in total. The standard InChI is InChI=1S/C11H22N2OS/c1-4-12-7-9(2)11(14)13-5-6-15-10(3)8-13/h9-10,12H,4-8H2,1-3H3. The monoisotopic (exact) mass is 230 g/mol. The summed E-state index contributed by atoms with van der Waals surface area (Å²) in [5.74, 6) is 1.50. The van der Waals surface area contributed by atoms with Gasteiger partial charge in [-0.05, 0) is 6.54 Å². The highest BCUT2D eigenvalue weighted by Gasteiger charge is 2.24. The number of nitrogens with zero attached hydrogens (tertiary/aromatic N) is 1. The second kappa shape index (κ2) is 6.38. The first-order valence-corrected chi connectivity index (χ1v) is 6.81. The minimum atomic E-state index is 0.111. The smallest absolute Gasteiger partial charge is 0.226 e. The Labute approximate surface area is 97.0 Å². The lowest BCUT2D eigenvalue weighted by molar-refractivity contribution is -0.134. The second-order valence-electron chi connectivity index (χ2n) is 4.17. The Kier molecular flexibility index (Phi) is 5.47. The molecule has 0 aromatic carbocycles. The Morgan fingerprint density at radius 1 is 1.67 bits per heavy atom. The molecule has 1 saturated heterocycles. The van der Waals surface area contributed by atoms with E-state index in [1.165, 1.54) is 0 Å². The number of amides is 1. The van der Waals surface area contributed by atoms with Gasteiger partial charge in [-0.25, -0.2) is 0 Å². The molecule has 0 radical (unpaired) electrons. The molecule has 1 aliphatic heterocycles. The van der Waals surface area contributed by atoms with Crippen molar-refractivity contribution in [3.8, 4) is 0 Å². The number of hydrogen-bond acceptors (Lipinski definition) is 3. The molecule has 1 amide bonds. The minimum Gasteiger partial charge on any atom is -0.341 e. The van der Waals surface area contributed by atoms with Crippen LogP contribution in [0, 0.1) is 5.92 Å². The zero-order valence-corrected chi connectivity index (χ0v) is 10.8. The van der Waals surface area contributed by atoms with Crippen LogP contribution in [0.15, 0.2) is 0 Å². The quantitative estimate of drug-likeness (QED) is 0.787.